The molecule has 0 aliphatic heterocycles. The van der Waals surface area contributed by atoms with Gasteiger partial charge in [-0.15, -0.1) is 0 Å². The maximum absolute atomic E-state index is 12.5. The molecule has 0 radical (unpaired) electrons. The average Bonchev–Trinajstić information content (AvgIpc) is 2.85. The van der Waals surface area contributed by atoms with Crippen LogP contribution in [0.25, 0.3) is 0 Å². The zero-order valence-electron chi connectivity index (χ0n) is 20.3. The fourth-order valence-corrected chi connectivity index (χ4v) is 4.33. The van der Waals surface area contributed by atoms with E-state index in [0.717, 1.165) is 23.1 Å². The predicted molar refractivity (Wildman–Crippen MR) is 136 cm³/mol. The van der Waals surface area contributed by atoms with E-state index < -0.39 is 10.0 Å². The van der Waals surface area contributed by atoms with Crippen molar-refractivity contribution in [2.45, 2.75) is 13.5 Å². The van der Waals surface area contributed by atoms with Crippen LogP contribution in [0.4, 0.5) is 5.69 Å². The number of rotatable bonds is 11. The van der Waals surface area contributed by atoms with E-state index in [2.05, 4.69) is 5.32 Å². The molecule has 8 nitrogen and oxygen atoms in total. The van der Waals surface area contributed by atoms with E-state index >= 15 is 0 Å². The fourth-order valence-electron chi connectivity index (χ4n) is 3.45. The standard InChI is InChI=1S/C26H30N2O6S/c1-19-7-5-6-8-23(19)34-16-15-27-26(29)21-11-9-20(10-12-21)18-28(35(4,30)31)22-13-14-24(32-2)25(17-22)33-3/h5-14,17H,15-16,18H2,1-4H3,(H,27,29). The topological polar surface area (TPSA) is 94.2 Å². The molecule has 3 aromatic carbocycles. The molecule has 0 aliphatic rings. The van der Waals surface area contributed by atoms with E-state index in [0.29, 0.717) is 35.9 Å². The quantitative estimate of drug-likeness (QED) is 0.404. The fraction of sp³-hybridized carbons (Fsp3) is 0.269. The van der Waals surface area contributed by atoms with Crippen molar-refractivity contribution < 1.29 is 27.4 Å². The molecule has 35 heavy (non-hydrogen) atoms. The summed E-state index contributed by atoms with van der Waals surface area (Å²) in [6.45, 7) is 2.77. The molecule has 0 atom stereocenters. The summed E-state index contributed by atoms with van der Waals surface area (Å²) in [5, 5.41) is 2.83. The number of ether oxygens (including phenoxy) is 3. The summed E-state index contributed by atoms with van der Waals surface area (Å²) in [7, 11) is -0.579. The van der Waals surface area contributed by atoms with Crippen LogP contribution < -0.4 is 23.8 Å². The van der Waals surface area contributed by atoms with Crippen LogP contribution in [0.2, 0.25) is 0 Å². The lowest BCUT2D eigenvalue weighted by Crippen LogP contribution is -2.29. The van der Waals surface area contributed by atoms with E-state index in [-0.39, 0.29) is 12.5 Å². The summed E-state index contributed by atoms with van der Waals surface area (Å²) in [5.74, 6) is 1.49. The molecule has 0 aromatic heterocycles. The Morgan fingerprint density at radius 2 is 1.60 bits per heavy atom. The van der Waals surface area contributed by atoms with Crippen LogP contribution in [-0.2, 0) is 16.6 Å². The minimum absolute atomic E-state index is 0.0977. The molecule has 0 fully saturated rings. The van der Waals surface area contributed by atoms with Crippen LogP contribution in [0.15, 0.2) is 66.7 Å². The van der Waals surface area contributed by atoms with Crippen molar-refractivity contribution in [2.75, 3.05) is 37.9 Å². The van der Waals surface area contributed by atoms with Crippen molar-refractivity contribution in [1.82, 2.24) is 5.32 Å². The van der Waals surface area contributed by atoms with Crippen molar-refractivity contribution in [3.8, 4) is 17.2 Å². The van der Waals surface area contributed by atoms with Crippen molar-refractivity contribution in [3.05, 3.63) is 83.4 Å². The van der Waals surface area contributed by atoms with Crippen molar-refractivity contribution >= 4 is 21.6 Å². The largest absolute Gasteiger partial charge is 0.493 e. The van der Waals surface area contributed by atoms with Gasteiger partial charge in [-0.25, -0.2) is 8.42 Å². The zero-order chi connectivity index (χ0) is 25.4. The Kier molecular flexibility index (Phi) is 8.59. The molecule has 0 bridgehead atoms. The molecule has 186 valence electrons. The number of methoxy groups -OCH3 is 2. The van der Waals surface area contributed by atoms with Gasteiger partial charge in [-0.05, 0) is 48.4 Å². The summed E-state index contributed by atoms with van der Waals surface area (Å²) in [6.07, 6.45) is 1.14. The van der Waals surface area contributed by atoms with Gasteiger partial charge in [-0.1, -0.05) is 30.3 Å². The third-order valence-corrected chi connectivity index (χ3v) is 6.48. The SMILES string of the molecule is COc1ccc(N(Cc2ccc(C(=O)NCCOc3ccccc3C)cc2)S(C)(=O)=O)cc1OC. The third kappa shape index (κ3) is 6.89. The molecular formula is C26H30N2O6S. The summed E-state index contributed by atoms with van der Waals surface area (Å²) in [4.78, 5) is 12.5. The predicted octanol–water partition coefficient (Wildman–Crippen LogP) is 3.79. The number of carbonyl (C=O) groups excluding carboxylic acids is 1. The Hall–Kier alpha value is -3.72. The van der Waals surface area contributed by atoms with Gasteiger partial charge < -0.3 is 19.5 Å². The average molecular weight is 499 g/mol. The minimum Gasteiger partial charge on any atom is -0.493 e. The number of aryl methyl sites for hydroxylation is 1. The number of sulfonamides is 1. The van der Waals surface area contributed by atoms with Gasteiger partial charge in [0.05, 0.1) is 39.3 Å². The third-order valence-electron chi connectivity index (χ3n) is 5.34. The van der Waals surface area contributed by atoms with E-state index in [4.69, 9.17) is 14.2 Å². The first-order valence-corrected chi connectivity index (χ1v) is 12.8. The molecule has 3 rings (SSSR count). The van der Waals surface area contributed by atoms with Gasteiger partial charge >= 0.3 is 0 Å². The molecule has 3 aromatic rings. The highest BCUT2D eigenvalue weighted by Crippen LogP contribution is 2.33. The van der Waals surface area contributed by atoms with E-state index in [9.17, 15) is 13.2 Å². The second-order valence-corrected chi connectivity index (χ2v) is 9.78. The second-order valence-electron chi connectivity index (χ2n) is 7.88. The van der Waals surface area contributed by atoms with Crippen LogP contribution in [-0.4, -0.2) is 48.0 Å². The molecule has 1 amide bonds. The van der Waals surface area contributed by atoms with E-state index in [1.54, 1.807) is 42.5 Å². The van der Waals surface area contributed by atoms with Gasteiger partial charge in [0, 0.05) is 11.6 Å². The molecule has 0 saturated carbocycles. The number of amides is 1. The van der Waals surface area contributed by atoms with Crippen LogP contribution in [0, 0.1) is 6.92 Å². The number of carbonyl (C=O) groups is 1. The van der Waals surface area contributed by atoms with Gasteiger partial charge in [-0.3, -0.25) is 9.10 Å². The highest BCUT2D eigenvalue weighted by molar-refractivity contribution is 7.92. The first-order chi connectivity index (χ1) is 16.7. The van der Waals surface area contributed by atoms with Gasteiger partial charge in [0.1, 0.15) is 12.4 Å². The highest BCUT2D eigenvalue weighted by atomic mass is 32.2. The summed E-state index contributed by atoms with van der Waals surface area (Å²) in [5.41, 5.74) is 2.68. The molecule has 0 aliphatic carbocycles. The number of nitrogens with zero attached hydrogens (tertiary/aromatic N) is 1. The number of nitrogens with one attached hydrogen (secondary N) is 1. The number of anilines is 1. The number of hydrogen-bond donors (Lipinski definition) is 1. The zero-order valence-corrected chi connectivity index (χ0v) is 21.1. The van der Waals surface area contributed by atoms with Crippen molar-refractivity contribution in [2.24, 2.45) is 0 Å². The number of para-hydroxylation sites is 1. The molecule has 0 unspecified atom stereocenters. The number of benzene rings is 3. The molecule has 9 heteroatoms. The van der Waals surface area contributed by atoms with Crippen LogP contribution in [0.3, 0.4) is 0 Å². The Morgan fingerprint density at radius 3 is 2.23 bits per heavy atom. The Bertz CT molecular complexity index is 1260. The molecule has 1 N–H and O–H groups in total. The Morgan fingerprint density at radius 1 is 0.914 bits per heavy atom. The summed E-state index contributed by atoms with van der Waals surface area (Å²) >= 11 is 0. The lowest BCUT2D eigenvalue weighted by atomic mass is 10.1. The molecular weight excluding hydrogens is 468 g/mol. The summed E-state index contributed by atoms with van der Waals surface area (Å²) < 4.78 is 42.5. The lowest BCUT2D eigenvalue weighted by Gasteiger charge is -2.23. The van der Waals surface area contributed by atoms with E-state index in [1.807, 2.05) is 31.2 Å². The second kappa shape index (κ2) is 11.6. The normalized spacial score (nSPS) is 11.0. The van der Waals surface area contributed by atoms with Crippen LogP contribution >= 0.6 is 0 Å². The van der Waals surface area contributed by atoms with Crippen LogP contribution in [0.5, 0.6) is 17.2 Å². The lowest BCUT2D eigenvalue weighted by molar-refractivity contribution is 0.0947. The number of hydrogen-bond acceptors (Lipinski definition) is 6. The Balaban J connectivity index is 1.63. The smallest absolute Gasteiger partial charge is 0.251 e. The summed E-state index contributed by atoms with van der Waals surface area (Å²) in [6, 6.07) is 19.4. The Labute approximate surface area is 206 Å². The molecule has 0 saturated heterocycles. The highest BCUT2D eigenvalue weighted by Gasteiger charge is 2.20. The monoisotopic (exact) mass is 498 g/mol. The van der Waals surface area contributed by atoms with Gasteiger partial charge in [-0.2, -0.15) is 0 Å². The van der Waals surface area contributed by atoms with Crippen LogP contribution in [0.1, 0.15) is 21.5 Å². The van der Waals surface area contributed by atoms with E-state index in [1.165, 1.54) is 18.5 Å². The molecule has 0 heterocycles. The maximum atomic E-state index is 12.5. The van der Waals surface area contributed by atoms with Gasteiger partial charge in [0.25, 0.3) is 5.91 Å². The van der Waals surface area contributed by atoms with Gasteiger partial charge in [0.2, 0.25) is 10.0 Å². The first-order valence-electron chi connectivity index (χ1n) is 11.0. The molecule has 0 spiro atoms. The van der Waals surface area contributed by atoms with Gasteiger partial charge in [0.15, 0.2) is 11.5 Å². The first kappa shape index (κ1) is 25.9. The van der Waals surface area contributed by atoms with Crippen molar-refractivity contribution in [3.63, 3.8) is 0 Å². The van der Waals surface area contributed by atoms with Crippen molar-refractivity contribution in [1.29, 1.82) is 0 Å². The minimum atomic E-state index is -3.58. The maximum Gasteiger partial charge on any atom is 0.251 e.